The number of rotatable bonds is 6. The summed E-state index contributed by atoms with van der Waals surface area (Å²) in [6, 6.07) is 11.8. The van der Waals surface area contributed by atoms with E-state index in [2.05, 4.69) is 5.32 Å². The molecule has 28 heavy (non-hydrogen) atoms. The Kier molecular flexibility index (Phi) is 6.62. The first-order chi connectivity index (χ1) is 13.4. The highest BCUT2D eigenvalue weighted by Gasteiger charge is 2.27. The first kappa shape index (κ1) is 20.7. The van der Waals surface area contributed by atoms with Crippen LogP contribution < -0.4 is 10.1 Å². The number of carbonyl (C=O) groups is 1. The minimum Gasteiger partial charge on any atom is -0.496 e. The van der Waals surface area contributed by atoms with Gasteiger partial charge >= 0.3 is 0 Å². The predicted octanol–water partition coefficient (Wildman–Crippen LogP) is 4.85. The first-order valence-corrected chi connectivity index (χ1v) is 11.4. The Bertz CT molecular complexity index is 953. The van der Waals surface area contributed by atoms with Gasteiger partial charge in [0.1, 0.15) is 5.75 Å². The van der Waals surface area contributed by atoms with Gasteiger partial charge in [-0.1, -0.05) is 43.0 Å². The molecular formula is C21H24ClNO4S. The van der Waals surface area contributed by atoms with Gasteiger partial charge < -0.3 is 10.1 Å². The summed E-state index contributed by atoms with van der Waals surface area (Å²) in [7, 11) is -1.73. The minimum absolute atomic E-state index is 0.00829. The van der Waals surface area contributed by atoms with Crippen LogP contribution >= 0.6 is 11.6 Å². The standard InChI is InChI=1S/C21H24ClNO4S/c1-27-20-13-16(22)10-11-19(20)21(24)23-17-7-5-6-15(12-17)14-28(25,26)18-8-3-2-4-9-18/h5-7,10-13,18H,2-4,8-9,14H2,1H3,(H,23,24). The number of hydrogen-bond acceptors (Lipinski definition) is 4. The van der Waals surface area contributed by atoms with E-state index in [0.717, 1.165) is 32.1 Å². The summed E-state index contributed by atoms with van der Waals surface area (Å²) in [6.45, 7) is 0. The molecule has 0 aromatic heterocycles. The van der Waals surface area contributed by atoms with Crippen molar-refractivity contribution in [2.24, 2.45) is 0 Å². The van der Waals surface area contributed by atoms with Gasteiger partial charge in [-0.25, -0.2) is 8.42 Å². The molecule has 2 aromatic carbocycles. The monoisotopic (exact) mass is 421 g/mol. The lowest BCUT2D eigenvalue weighted by Gasteiger charge is -2.21. The maximum Gasteiger partial charge on any atom is 0.259 e. The van der Waals surface area contributed by atoms with Gasteiger partial charge in [-0.15, -0.1) is 0 Å². The maximum absolute atomic E-state index is 12.7. The molecule has 1 fully saturated rings. The Balaban J connectivity index is 1.74. The molecule has 1 aliphatic carbocycles. The first-order valence-electron chi connectivity index (χ1n) is 9.34. The highest BCUT2D eigenvalue weighted by molar-refractivity contribution is 7.91. The zero-order valence-corrected chi connectivity index (χ0v) is 17.4. The topological polar surface area (TPSA) is 72.5 Å². The molecule has 1 saturated carbocycles. The number of nitrogens with one attached hydrogen (secondary N) is 1. The average molecular weight is 422 g/mol. The van der Waals surface area contributed by atoms with Gasteiger partial charge in [0.25, 0.3) is 5.91 Å². The van der Waals surface area contributed by atoms with Gasteiger partial charge in [0.15, 0.2) is 9.84 Å². The van der Waals surface area contributed by atoms with Gasteiger partial charge in [0, 0.05) is 10.7 Å². The predicted molar refractivity (Wildman–Crippen MR) is 112 cm³/mol. The summed E-state index contributed by atoms with van der Waals surface area (Å²) in [5, 5.41) is 3.02. The highest BCUT2D eigenvalue weighted by atomic mass is 35.5. The van der Waals surface area contributed by atoms with E-state index in [4.69, 9.17) is 16.3 Å². The second kappa shape index (κ2) is 8.97. The van der Waals surface area contributed by atoms with E-state index >= 15 is 0 Å². The van der Waals surface area contributed by atoms with Gasteiger partial charge in [-0.05, 0) is 48.7 Å². The fourth-order valence-electron chi connectivity index (χ4n) is 3.56. The van der Waals surface area contributed by atoms with E-state index in [-0.39, 0.29) is 16.9 Å². The van der Waals surface area contributed by atoms with Crippen molar-refractivity contribution in [3.8, 4) is 5.75 Å². The lowest BCUT2D eigenvalue weighted by atomic mass is 10.0. The number of methoxy groups -OCH3 is 1. The molecule has 2 aromatic rings. The van der Waals surface area contributed by atoms with E-state index in [1.165, 1.54) is 7.11 Å². The van der Waals surface area contributed by atoms with Crippen molar-refractivity contribution < 1.29 is 17.9 Å². The largest absolute Gasteiger partial charge is 0.496 e. The lowest BCUT2D eigenvalue weighted by molar-refractivity contribution is 0.102. The number of hydrogen-bond donors (Lipinski definition) is 1. The molecule has 0 saturated heterocycles. The molecule has 150 valence electrons. The number of benzene rings is 2. The van der Waals surface area contributed by atoms with Crippen LogP contribution in [-0.2, 0) is 15.6 Å². The van der Waals surface area contributed by atoms with Crippen molar-refractivity contribution in [1.29, 1.82) is 0 Å². The van der Waals surface area contributed by atoms with Crippen LogP contribution in [0.25, 0.3) is 0 Å². The number of amides is 1. The quantitative estimate of drug-likeness (QED) is 0.723. The Morgan fingerprint density at radius 1 is 1.14 bits per heavy atom. The smallest absolute Gasteiger partial charge is 0.259 e. The molecule has 0 unspecified atom stereocenters. The lowest BCUT2D eigenvalue weighted by Crippen LogP contribution is -2.25. The third-order valence-corrected chi connectivity index (χ3v) is 7.48. The van der Waals surface area contributed by atoms with E-state index in [0.29, 0.717) is 27.6 Å². The molecular weight excluding hydrogens is 398 g/mol. The third-order valence-electron chi connectivity index (χ3n) is 5.02. The number of carbonyl (C=O) groups excluding carboxylic acids is 1. The fraction of sp³-hybridized carbons (Fsp3) is 0.381. The van der Waals surface area contributed by atoms with Crippen molar-refractivity contribution in [1.82, 2.24) is 0 Å². The van der Waals surface area contributed by atoms with Crippen LogP contribution in [0.1, 0.15) is 48.0 Å². The molecule has 3 rings (SSSR count). The molecule has 0 radical (unpaired) electrons. The SMILES string of the molecule is COc1cc(Cl)ccc1C(=O)Nc1cccc(CS(=O)(=O)C2CCCCC2)c1. The van der Waals surface area contributed by atoms with Gasteiger partial charge in [0.05, 0.1) is 23.7 Å². The van der Waals surface area contributed by atoms with Crippen molar-refractivity contribution in [2.45, 2.75) is 43.1 Å². The van der Waals surface area contributed by atoms with E-state index in [9.17, 15) is 13.2 Å². The van der Waals surface area contributed by atoms with E-state index in [1.807, 2.05) is 0 Å². The molecule has 1 aliphatic rings. The molecule has 5 nitrogen and oxygen atoms in total. The van der Waals surface area contributed by atoms with Gasteiger partial charge in [-0.3, -0.25) is 4.79 Å². The highest BCUT2D eigenvalue weighted by Crippen LogP contribution is 2.27. The minimum atomic E-state index is -3.20. The van der Waals surface area contributed by atoms with Crippen molar-refractivity contribution in [2.75, 3.05) is 12.4 Å². The van der Waals surface area contributed by atoms with Crippen LogP contribution in [0.5, 0.6) is 5.75 Å². The van der Waals surface area contributed by atoms with Gasteiger partial charge in [0.2, 0.25) is 0 Å². The summed E-state index contributed by atoms with van der Waals surface area (Å²) >= 11 is 5.94. The number of sulfone groups is 1. The van der Waals surface area contributed by atoms with Crippen molar-refractivity contribution >= 4 is 33.0 Å². The van der Waals surface area contributed by atoms with Crippen molar-refractivity contribution in [3.63, 3.8) is 0 Å². The van der Waals surface area contributed by atoms with Crippen LogP contribution in [-0.4, -0.2) is 26.7 Å². The molecule has 0 aliphatic heterocycles. The number of halogens is 1. The van der Waals surface area contributed by atoms with E-state index in [1.54, 1.807) is 42.5 Å². The molecule has 7 heteroatoms. The summed E-state index contributed by atoms with van der Waals surface area (Å²) in [6.07, 6.45) is 4.55. The summed E-state index contributed by atoms with van der Waals surface area (Å²) in [4.78, 5) is 12.6. The van der Waals surface area contributed by atoms with E-state index < -0.39 is 9.84 Å². The average Bonchev–Trinajstić information content (AvgIpc) is 2.68. The third kappa shape index (κ3) is 5.06. The Labute approximate surface area is 171 Å². The maximum atomic E-state index is 12.7. The summed E-state index contributed by atoms with van der Waals surface area (Å²) in [5.41, 5.74) is 1.57. The second-order valence-electron chi connectivity index (χ2n) is 7.07. The summed E-state index contributed by atoms with van der Waals surface area (Å²) in [5.74, 6) is 0.0212. The summed E-state index contributed by atoms with van der Waals surface area (Å²) < 4.78 is 30.6. The number of anilines is 1. The molecule has 1 amide bonds. The van der Waals surface area contributed by atoms with Crippen LogP contribution in [0.15, 0.2) is 42.5 Å². The van der Waals surface area contributed by atoms with Crippen LogP contribution in [0.2, 0.25) is 5.02 Å². The fourth-order valence-corrected chi connectivity index (χ4v) is 5.66. The zero-order chi connectivity index (χ0) is 20.1. The Hall–Kier alpha value is -2.05. The molecule has 0 atom stereocenters. The molecule has 0 spiro atoms. The second-order valence-corrected chi connectivity index (χ2v) is 9.78. The Morgan fingerprint density at radius 3 is 2.61 bits per heavy atom. The van der Waals surface area contributed by atoms with Crippen LogP contribution in [0, 0.1) is 0 Å². The molecule has 1 N–H and O–H groups in total. The van der Waals surface area contributed by atoms with Crippen molar-refractivity contribution in [3.05, 3.63) is 58.6 Å². The van der Waals surface area contributed by atoms with Crippen LogP contribution in [0.4, 0.5) is 5.69 Å². The normalized spacial score (nSPS) is 15.2. The zero-order valence-electron chi connectivity index (χ0n) is 15.8. The molecule has 0 heterocycles. The van der Waals surface area contributed by atoms with Gasteiger partial charge in [-0.2, -0.15) is 0 Å². The van der Waals surface area contributed by atoms with Crippen LogP contribution in [0.3, 0.4) is 0 Å². The molecule has 0 bridgehead atoms. The number of ether oxygens (including phenoxy) is 1. The Morgan fingerprint density at radius 2 is 1.89 bits per heavy atom.